The van der Waals surface area contributed by atoms with Crippen molar-refractivity contribution in [3.8, 4) is 5.75 Å². The molecule has 0 saturated heterocycles. The third kappa shape index (κ3) is 9.42. The fourth-order valence-corrected chi connectivity index (χ4v) is 3.18. The van der Waals surface area contributed by atoms with Crippen LogP contribution in [0, 0.1) is 0 Å². The summed E-state index contributed by atoms with van der Waals surface area (Å²) in [7, 11) is 0. The van der Waals surface area contributed by atoms with Crippen molar-refractivity contribution in [1.82, 2.24) is 25.9 Å². The Labute approximate surface area is 205 Å². The Morgan fingerprint density at radius 3 is 2.17 bits per heavy atom. The number of rotatable bonds is 14. The van der Waals surface area contributed by atoms with Crippen LogP contribution in [-0.4, -0.2) is 79.6 Å². The van der Waals surface area contributed by atoms with Crippen molar-refractivity contribution in [2.45, 2.75) is 43.8 Å². The predicted molar refractivity (Wildman–Crippen MR) is 123 cm³/mol. The Balaban J connectivity index is 2.11. The van der Waals surface area contributed by atoms with Crippen molar-refractivity contribution in [1.29, 1.82) is 0 Å². The van der Waals surface area contributed by atoms with Gasteiger partial charge in [0.25, 0.3) is 0 Å². The number of nitrogens with zero attached hydrogens (tertiary/aromatic N) is 1. The van der Waals surface area contributed by atoms with Crippen LogP contribution in [0.3, 0.4) is 0 Å². The van der Waals surface area contributed by atoms with Crippen LogP contribution in [0.25, 0.3) is 0 Å². The van der Waals surface area contributed by atoms with Gasteiger partial charge in [-0.3, -0.25) is 24.0 Å². The van der Waals surface area contributed by atoms with Crippen molar-refractivity contribution in [3.05, 3.63) is 48.0 Å². The fraction of sp³-hybridized carbons (Fsp3) is 0.364. The lowest BCUT2D eigenvalue weighted by atomic mass is 10.0. The maximum absolute atomic E-state index is 13.0. The van der Waals surface area contributed by atoms with Gasteiger partial charge in [-0.25, -0.2) is 4.98 Å². The lowest BCUT2D eigenvalue weighted by Crippen LogP contribution is -2.56. The van der Waals surface area contributed by atoms with Gasteiger partial charge in [0.15, 0.2) is 0 Å². The summed E-state index contributed by atoms with van der Waals surface area (Å²) in [5.41, 5.74) is 7.06. The van der Waals surface area contributed by atoms with Crippen LogP contribution in [0.5, 0.6) is 5.75 Å². The second kappa shape index (κ2) is 13.4. The highest BCUT2D eigenvalue weighted by molar-refractivity contribution is 5.94. The Morgan fingerprint density at radius 2 is 1.58 bits per heavy atom. The number of aromatic hydroxyl groups is 1. The van der Waals surface area contributed by atoms with Crippen LogP contribution in [0.4, 0.5) is 0 Å². The Kier molecular flexibility index (Phi) is 10.4. The lowest BCUT2D eigenvalue weighted by Gasteiger charge is -2.23. The summed E-state index contributed by atoms with van der Waals surface area (Å²) in [5.74, 6) is -4.83. The van der Waals surface area contributed by atoms with E-state index in [4.69, 9.17) is 15.9 Å². The standard InChI is InChI=1S/C22H28N6O8/c23-15(7-12-1-3-14(29)4-2-12)20(34)27-16(5-6-18(30)31)22(36)28-17(8-13-9-24-11-26-13)21(35)25-10-19(32)33/h1-4,9,11,15-17,29H,5-8,10,23H2,(H,24,26)(H,25,35)(H,27,34)(H,28,36)(H,30,31)(H,32,33). The van der Waals surface area contributed by atoms with Crippen molar-refractivity contribution in [2.75, 3.05) is 6.54 Å². The largest absolute Gasteiger partial charge is 0.508 e. The van der Waals surface area contributed by atoms with E-state index in [1.807, 2.05) is 0 Å². The van der Waals surface area contributed by atoms with Crippen molar-refractivity contribution in [3.63, 3.8) is 0 Å². The van der Waals surface area contributed by atoms with E-state index in [9.17, 15) is 29.1 Å². The number of carbonyl (C=O) groups is 5. The molecule has 194 valence electrons. The Bertz CT molecular complexity index is 1060. The average Bonchev–Trinajstić information content (AvgIpc) is 3.33. The third-order valence-electron chi connectivity index (χ3n) is 5.03. The molecule has 2 aromatic rings. The maximum Gasteiger partial charge on any atom is 0.322 e. The van der Waals surface area contributed by atoms with E-state index in [0.29, 0.717) is 11.3 Å². The topological polar surface area (TPSA) is 237 Å². The van der Waals surface area contributed by atoms with Gasteiger partial charge in [0.1, 0.15) is 24.4 Å². The first-order chi connectivity index (χ1) is 17.0. The van der Waals surface area contributed by atoms with Crippen molar-refractivity contribution < 1.29 is 39.3 Å². The summed E-state index contributed by atoms with van der Waals surface area (Å²) in [4.78, 5) is 66.6. The van der Waals surface area contributed by atoms with E-state index < -0.39 is 60.8 Å². The molecular weight excluding hydrogens is 476 g/mol. The van der Waals surface area contributed by atoms with Crippen LogP contribution < -0.4 is 21.7 Å². The molecule has 1 aromatic carbocycles. The van der Waals surface area contributed by atoms with E-state index in [1.54, 1.807) is 12.1 Å². The number of phenolic OH excluding ortho intramolecular Hbond substituents is 1. The molecule has 14 nitrogen and oxygen atoms in total. The number of hydrogen-bond donors (Lipinski definition) is 8. The summed E-state index contributed by atoms with van der Waals surface area (Å²) >= 11 is 0. The van der Waals surface area contributed by atoms with E-state index in [-0.39, 0.29) is 25.0 Å². The van der Waals surface area contributed by atoms with Gasteiger partial charge in [-0.1, -0.05) is 12.1 Å². The number of nitrogens with two attached hydrogens (primary N) is 1. The van der Waals surface area contributed by atoms with Crippen LogP contribution in [-0.2, 0) is 36.8 Å². The Morgan fingerprint density at radius 1 is 0.917 bits per heavy atom. The minimum absolute atomic E-state index is 0.0410. The van der Waals surface area contributed by atoms with Gasteiger partial charge in [0.05, 0.1) is 12.4 Å². The zero-order chi connectivity index (χ0) is 26.7. The number of amides is 3. The molecule has 3 amide bonds. The van der Waals surface area contributed by atoms with E-state index in [2.05, 4.69) is 25.9 Å². The normalized spacial score (nSPS) is 13.1. The number of aromatic nitrogens is 2. The number of aromatic amines is 1. The summed E-state index contributed by atoms with van der Waals surface area (Å²) in [5, 5.41) is 34.3. The minimum Gasteiger partial charge on any atom is -0.508 e. The lowest BCUT2D eigenvalue weighted by molar-refractivity contribution is -0.138. The Hall–Kier alpha value is -4.46. The molecule has 3 unspecified atom stereocenters. The molecule has 36 heavy (non-hydrogen) atoms. The van der Waals surface area contributed by atoms with Crippen LogP contribution in [0.2, 0.25) is 0 Å². The number of hydrogen-bond acceptors (Lipinski definition) is 8. The summed E-state index contributed by atoms with van der Waals surface area (Å²) < 4.78 is 0. The van der Waals surface area contributed by atoms with Crippen molar-refractivity contribution >= 4 is 29.7 Å². The van der Waals surface area contributed by atoms with E-state index >= 15 is 0 Å². The number of carbonyl (C=O) groups excluding carboxylic acids is 3. The molecule has 0 bridgehead atoms. The summed E-state index contributed by atoms with van der Waals surface area (Å²) in [6.45, 7) is -0.681. The van der Waals surface area contributed by atoms with E-state index in [0.717, 1.165) is 0 Å². The number of carboxylic acid groups (broad SMARTS) is 2. The first-order valence-electron chi connectivity index (χ1n) is 10.9. The molecule has 0 saturated carbocycles. The predicted octanol–water partition coefficient (Wildman–Crippen LogP) is -1.74. The zero-order valence-corrected chi connectivity index (χ0v) is 19.1. The fourth-order valence-electron chi connectivity index (χ4n) is 3.18. The number of phenols is 1. The first-order valence-corrected chi connectivity index (χ1v) is 10.9. The second-order valence-electron chi connectivity index (χ2n) is 7.92. The SMILES string of the molecule is NC(Cc1ccc(O)cc1)C(=O)NC(CCC(=O)O)C(=O)NC(Cc1cnc[nH]1)C(=O)NCC(=O)O. The van der Waals surface area contributed by atoms with Gasteiger partial charge >= 0.3 is 11.9 Å². The van der Waals surface area contributed by atoms with E-state index in [1.165, 1.54) is 24.7 Å². The van der Waals surface area contributed by atoms with Crippen molar-refractivity contribution in [2.24, 2.45) is 5.73 Å². The monoisotopic (exact) mass is 504 g/mol. The molecule has 1 aromatic heterocycles. The molecular formula is C22H28N6O8. The highest BCUT2D eigenvalue weighted by Gasteiger charge is 2.29. The highest BCUT2D eigenvalue weighted by Crippen LogP contribution is 2.11. The van der Waals surface area contributed by atoms with Crippen LogP contribution in [0.15, 0.2) is 36.8 Å². The number of H-pyrrole nitrogens is 1. The van der Waals surface area contributed by atoms with Crippen LogP contribution >= 0.6 is 0 Å². The molecule has 14 heteroatoms. The van der Waals surface area contributed by atoms with Gasteiger partial charge in [0, 0.05) is 24.7 Å². The summed E-state index contributed by atoms with van der Waals surface area (Å²) in [6, 6.07) is 2.34. The molecule has 2 rings (SSSR count). The smallest absolute Gasteiger partial charge is 0.322 e. The molecule has 1 heterocycles. The highest BCUT2D eigenvalue weighted by atomic mass is 16.4. The van der Waals surface area contributed by atoms with Gasteiger partial charge in [-0.15, -0.1) is 0 Å². The summed E-state index contributed by atoms with van der Waals surface area (Å²) in [6.07, 6.45) is 2.04. The van der Waals surface area contributed by atoms with Crippen LogP contribution in [0.1, 0.15) is 24.1 Å². The van der Waals surface area contributed by atoms with Gasteiger partial charge in [-0.2, -0.15) is 0 Å². The maximum atomic E-state index is 13.0. The number of imidazole rings is 1. The quantitative estimate of drug-likeness (QED) is 0.144. The average molecular weight is 505 g/mol. The molecule has 0 aliphatic carbocycles. The van der Waals surface area contributed by atoms with Gasteiger partial charge < -0.3 is 42.0 Å². The minimum atomic E-state index is -1.34. The molecule has 3 atom stereocenters. The first kappa shape index (κ1) is 27.8. The zero-order valence-electron chi connectivity index (χ0n) is 19.1. The molecule has 0 aliphatic rings. The molecule has 0 spiro atoms. The number of benzene rings is 1. The van der Waals surface area contributed by atoms with Gasteiger partial charge in [-0.05, 0) is 30.5 Å². The molecule has 0 fully saturated rings. The number of aliphatic carboxylic acids is 2. The molecule has 0 aliphatic heterocycles. The molecule has 0 radical (unpaired) electrons. The third-order valence-corrected chi connectivity index (χ3v) is 5.03. The number of carboxylic acids is 2. The second-order valence-corrected chi connectivity index (χ2v) is 7.92. The number of nitrogens with one attached hydrogen (secondary N) is 4. The van der Waals surface area contributed by atoms with Gasteiger partial charge in [0.2, 0.25) is 17.7 Å². The molecule has 9 N–H and O–H groups in total.